The molecule has 0 N–H and O–H groups in total. The Balaban J connectivity index is 1.30. The van der Waals surface area contributed by atoms with Crippen molar-refractivity contribution in [2.75, 3.05) is 39.4 Å². The molecule has 1 saturated carbocycles. The number of rotatable bonds is 6. The number of likely N-dealkylation sites (tertiary alicyclic amines) is 1. The van der Waals surface area contributed by atoms with E-state index < -0.39 is 0 Å². The molecule has 6 nitrogen and oxygen atoms in total. The van der Waals surface area contributed by atoms with Crippen LogP contribution in [0.2, 0.25) is 0 Å². The van der Waals surface area contributed by atoms with Gasteiger partial charge < -0.3 is 14.2 Å². The summed E-state index contributed by atoms with van der Waals surface area (Å²) in [6.07, 6.45) is 10.3. The van der Waals surface area contributed by atoms with Crippen molar-refractivity contribution in [1.82, 2.24) is 19.4 Å². The van der Waals surface area contributed by atoms with Crippen molar-refractivity contribution in [3.8, 4) is 0 Å². The highest BCUT2D eigenvalue weighted by atomic mass is 16.5. The van der Waals surface area contributed by atoms with E-state index in [0.29, 0.717) is 6.61 Å². The fraction of sp³-hybridized carbons (Fsp3) is 0.778. The minimum Gasteiger partial charge on any atom is -0.369 e. The van der Waals surface area contributed by atoms with Gasteiger partial charge in [-0.3, -0.25) is 9.69 Å². The summed E-state index contributed by atoms with van der Waals surface area (Å²) in [5, 5.41) is 0. The lowest BCUT2D eigenvalue weighted by Gasteiger charge is -2.38. The van der Waals surface area contributed by atoms with Gasteiger partial charge in [0.2, 0.25) is 5.91 Å². The molecule has 1 saturated heterocycles. The fourth-order valence-corrected chi connectivity index (χ4v) is 4.12. The van der Waals surface area contributed by atoms with Crippen molar-refractivity contribution in [1.29, 1.82) is 0 Å². The van der Waals surface area contributed by atoms with Crippen molar-refractivity contribution < 1.29 is 9.53 Å². The third-order valence-electron chi connectivity index (χ3n) is 5.73. The molecule has 1 aromatic rings. The Kier molecular flexibility index (Phi) is 4.85. The molecule has 1 atom stereocenters. The Hall–Kier alpha value is -1.40. The monoisotopic (exact) mass is 332 g/mol. The van der Waals surface area contributed by atoms with Gasteiger partial charge in [-0.25, -0.2) is 4.98 Å². The van der Waals surface area contributed by atoms with E-state index in [1.54, 1.807) is 0 Å². The molecule has 6 heteroatoms. The Morgan fingerprint density at radius 2 is 2.08 bits per heavy atom. The summed E-state index contributed by atoms with van der Waals surface area (Å²) in [6, 6.07) is 0.266. The predicted octanol–water partition coefficient (Wildman–Crippen LogP) is 1.68. The molecular weight excluding hydrogens is 304 g/mol. The molecule has 3 aliphatic rings. The number of nitrogens with zero attached hydrogens (tertiary/aromatic N) is 4. The van der Waals surface area contributed by atoms with Gasteiger partial charge in [0, 0.05) is 38.9 Å². The van der Waals surface area contributed by atoms with Crippen LogP contribution in [0.1, 0.15) is 43.8 Å². The molecule has 3 heterocycles. The summed E-state index contributed by atoms with van der Waals surface area (Å²) < 4.78 is 8.03. The van der Waals surface area contributed by atoms with E-state index in [4.69, 9.17) is 4.74 Å². The molecule has 0 aromatic carbocycles. The summed E-state index contributed by atoms with van der Waals surface area (Å²) in [4.78, 5) is 20.9. The zero-order valence-corrected chi connectivity index (χ0v) is 14.4. The van der Waals surface area contributed by atoms with E-state index in [1.165, 1.54) is 31.5 Å². The standard InChI is InChI=1S/C18H28N4O2/c23-18(21-6-1-2-7-21)13-24-12-17-11-20(9-15-4-3-5-15)10-16-8-19-14-22(16)17/h8,14-15,17H,1-7,9-13H2/t17-/m1/s1. The molecule has 0 unspecified atom stereocenters. The van der Waals surface area contributed by atoms with E-state index in [1.807, 2.05) is 17.4 Å². The molecule has 0 spiro atoms. The smallest absolute Gasteiger partial charge is 0.248 e. The lowest BCUT2D eigenvalue weighted by atomic mass is 9.85. The molecule has 2 aliphatic heterocycles. The predicted molar refractivity (Wildman–Crippen MR) is 90.5 cm³/mol. The largest absolute Gasteiger partial charge is 0.369 e. The van der Waals surface area contributed by atoms with Crippen molar-refractivity contribution >= 4 is 5.91 Å². The second-order valence-corrected chi connectivity index (χ2v) is 7.54. The number of ether oxygens (including phenoxy) is 1. The Bertz CT molecular complexity index is 563. The zero-order chi connectivity index (χ0) is 16.4. The molecule has 24 heavy (non-hydrogen) atoms. The number of carbonyl (C=O) groups excluding carboxylic acids is 1. The molecule has 1 aliphatic carbocycles. The molecule has 0 bridgehead atoms. The fourth-order valence-electron chi connectivity index (χ4n) is 4.12. The zero-order valence-electron chi connectivity index (χ0n) is 14.4. The third kappa shape index (κ3) is 3.49. The van der Waals surface area contributed by atoms with E-state index >= 15 is 0 Å². The van der Waals surface area contributed by atoms with Crippen molar-refractivity contribution in [3.63, 3.8) is 0 Å². The lowest BCUT2D eigenvalue weighted by Crippen LogP contribution is -2.42. The van der Waals surface area contributed by atoms with Gasteiger partial charge in [-0.1, -0.05) is 6.42 Å². The average molecular weight is 332 g/mol. The molecule has 1 amide bonds. The summed E-state index contributed by atoms with van der Waals surface area (Å²) in [5.41, 5.74) is 1.26. The quantitative estimate of drug-likeness (QED) is 0.795. The number of hydrogen-bond acceptors (Lipinski definition) is 4. The average Bonchev–Trinajstić information content (AvgIpc) is 3.22. The highest BCUT2D eigenvalue weighted by Crippen LogP contribution is 2.30. The second-order valence-electron chi connectivity index (χ2n) is 7.54. The first kappa shape index (κ1) is 16.1. The molecule has 1 aromatic heterocycles. The van der Waals surface area contributed by atoms with Crippen LogP contribution in [0.5, 0.6) is 0 Å². The highest BCUT2D eigenvalue weighted by molar-refractivity contribution is 5.77. The molecule has 2 fully saturated rings. The van der Waals surface area contributed by atoms with Crippen LogP contribution in [0, 0.1) is 5.92 Å². The van der Waals surface area contributed by atoms with E-state index in [2.05, 4.69) is 14.5 Å². The summed E-state index contributed by atoms with van der Waals surface area (Å²) >= 11 is 0. The van der Waals surface area contributed by atoms with Crippen LogP contribution >= 0.6 is 0 Å². The van der Waals surface area contributed by atoms with Crippen LogP contribution in [0.4, 0.5) is 0 Å². The van der Waals surface area contributed by atoms with Crippen LogP contribution in [-0.2, 0) is 16.1 Å². The topological polar surface area (TPSA) is 50.6 Å². The maximum absolute atomic E-state index is 12.1. The minimum absolute atomic E-state index is 0.139. The first-order chi connectivity index (χ1) is 11.8. The van der Waals surface area contributed by atoms with Crippen LogP contribution in [0.25, 0.3) is 0 Å². The van der Waals surface area contributed by atoms with Gasteiger partial charge in [0.1, 0.15) is 6.61 Å². The van der Waals surface area contributed by atoms with Crippen LogP contribution in [0.15, 0.2) is 12.5 Å². The normalized spacial score (nSPS) is 24.8. The van der Waals surface area contributed by atoms with Gasteiger partial charge in [-0.05, 0) is 31.6 Å². The van der Waals surface area contributed by atoms with E-state index in [-0.39, 0.29) is 18.6 Å². The van der Waals surface area contributed by atoms with Crippen LogP contribution in [-0.4, -0.2) is 64.7 Å². The highest BCUT2D eigenvalue weighted by Gasteiger charge is 2.29. The first-order valence-corrected chi connectivity index (χ1v) is 9.38. The lowest BCUT2D eigenvalue weighted by molar-refractivity contribution is -0.135. The Morgan fingerprint density at radius 3 is 2.83 bits per heavy atom. The Labute approximate surface area is 143 Å². The summed E-state index contributed by atoms with van der Waals surface area (Å²) in [7, 11) is 0. The third-order valence-corrected chi connectivity index (χ3v) is 5.73. The molecule has 4 rings (SSSR count). The van der Waals surface area contributed by atoms with Gasteiger partial charge in [0.05, 0.1) is 24.7 Å². The maximum atomic E-state index is 12.1. The number of amides is 1. The minimum atomic E-state index is 0.139. The number of imidazole rings is 1. The summed E-state index contributed by atoms with van der Waals surface area (Å²) in [6.45, 7) is 5.76. The molecule has 0 radical (unpaired) electrons. The van der Waals surface area contributed by atoms with E-state index in [0.717, 1.165) is 44.9 Å². The van der Waals surface area contributed by atoms with Crippen molar-refractivity contribution in [2.45, 2.75) is 44.7 Å². The molecule has 132 valence electrons. The van der Waals surface area contributed by atoms with E-state index in [9.17, 15) is 4.79 Å². The summed E-state index contributed by atoms with van der Waals surface area (Å²) in [5.74, 6) is 1.01. The second kappa shape index (κ2) is 7.23. The number of fused-ring (bicyclic) bond motifs is 1. The van der Waals surface area contributed by atoms with Crippen molar-refractivity contribution in [2.24, 2.45) is 5.92 Å². The molecular formula is C18H28N4O2. The van der Waals surface area contributed by atoms with Gasteiger partial charge >= 0.3 is 0 Å². The van der Waals surface area contributed by atoms with Gasteiger partial charge in [-0.15, -0.1) is 0 Å². The first-order valence-electron chi connectivity index (χ1n) is 9.38. The number of carbonyl (C=O) groups is 1. The maximum Gasteiger partial charge on any atom is 0.248 e. The van der Waals surface area contributed by atoms with Gasteiger partial charge in [0.15, 0.2) is 0 Å². The SMILES string of the molecule is O=C(COC[C@H]1CN(CC2CCC2)Cc2cncn21)N1CCCC1. The number of aromatic nitrogens is 2. The van der Waals surface area contributed by atoms with Crippen LogP contribution in [0.3, 0.4) is 0 Å². The number of hydrogen-bond donors (Lipinski definition) is 0. The van der Waals surface area contributed by atoms with Crippen LogP contribution < -0.4 is 0 Å². The van der Waals surface area contributed by atoms with Gasteiger partial charge in [0.25, 0.3) is 0 Å². The van der Waals surface area contributed by atoms with Gasteiger partial charge in [-0.2, -0.15) is 0 Å². The van der Waals surface area contributed by atoms with Crippen molar-refractivity contribution in [3.05, 3.63) is 18.2 Å². The Morgan fingerprint density at radius 1 is 1.25 bits per heavy atom.